The first kappa shape index (κ1) is 34.0. The molecule has 1 amide bonds. The van der Waals surface area contributed by atoms with E-state index in [0.29, 0.717) is 51.7 Å². The number of nitrogens with zero attached hydrogens (tertiary/aromatic N) is 6. The number of rotatable bonds is 9. The second-order valence-corrected chi connectivity index (χ2v) is 12.7. The molecule has 270 valence electrons. The number of carbonyl (C=O) groups is 1. The monoisotopic (exact) mass is 718 g/mol. The van der Waals surface area contributed by atoms with Gasteiger partial charge in [0.15, 0.2) is 0 Å². The highest BCUT2D eigenvalue weighted by Crippen LogP contribution is 2.36. The minimum absolute atomic E-state index is 0.0604. The summed E-state index contributed by atoms with van der Waals surface area (Å²) in [6.07, 6.45) is 3.52. The van der Waals surface area contributed by atoms with Gasteiger partial charge < -0.3 is 29.7 Å². The Bertz CT molecular complexity index is 2300. The molecule has 3 aromatic carbocycles. The molecule has 14 heteroatoms. The van der Waals surface area contributed by atoms with E-state index in [-0.39, 0.29) is 11.3 Å². The molecule has 3 aromatic heterocycles. The molecule has 2 fully saturated rings. The second-order valence-electron chi connectivity index (χ2n) is 12.7. The molecule has 1 atom stereocenters. The number of nitrogens with one attached hydrogen (secondary N) is 2. The number of amides is 1. The molecule has 0 saturated carbocycles. The number of methoxy groups -OCH3 is 2. The zero-order valence-electron chi connectivity index (χ0n) is 29.1. The molecule has 0 aliphatic carbocycles. The quantitative estimate of drug-likeness (QED) is 0.177. The second kappa shape index (κ2) is 14.5. The number of fused-ring (bicyclic) bond motifs is 2. The van der Waals surface area contributed by atoms with Crippen molar-refractivity contribution < 1.29 is 27.8 Å². The van der Waals surface area contributed by atoms with Crippen LogP contribution in [0.1, 0.15) is 10.4 Å². The number of morpholine rings is 1. The first-order valence-electron chi connectivity index (χ1n) is 17.2. The summed E-state index contributed by atoms with van der Waals surface area (Å²) in [5, 5.41) is 5.68. The Kier molecular flexibility index (Phi) is 9.29. The van der Waals surface area contributed by atoms with Gasteiger partial charge in [-0.1, -0.05) is 12.1 Å². The Hall–Kier alpha value is -6.12. The number of halogens is 2. The molecule has 53 heavy (non-hydrogen) atoms. The third-order valence-corrected chi connectivity index (χ3v) is 9.58. The van der Waals surface area contributed by atoms with Gasteiger partial charge in [-0.25, -0.2) is 23.7 Å². The lowest BCUT2D eigenvalue weighted by Crippen LogP contribution is -2.58. The standard InChI is InChI=1S/C39H36F2N8O4/c1-51-32-12-9-24(20-27(32)38(50)46-36-28(40)6-5-7-29(36)41)35-37(49-15-4-3-8-34(49)45-35)31-13-14-42-39(44-31)43-30-11-10-25(21-33(30)52-2)48-17-16-47-18-19-53-23-26(47)22-48/h3-15,20-21,26H,16-19,22-23H2,1-2H3,(H,46,50)(H,42,43,44)/t26-/m0/s1. The molecule has 5 heterocycles. The fourth-order valence-electron chi connectivity index (χ4n) is 6.90. The lowest BCUT2D eigenvalue weighted by Gasteiger charge is -2.44. The fourth-order valence-corrected chi connectivity index (χ4v) is 6.90. The van der Waals surface area contributed by atoms with Crippen LogP contribution in [0.2, 0.25) is 0 Å². The lowest BCUT2D eigenvalue weighted by molar-refractivity contribution is -0.0116. The van der Waals surface area contributed by atoms with Crippen LogP contribution in [-0.2, 0) is 4.74 Å². The van der Waals surface area contributed by atoms with E-state index in [4.69, 9.17) is 24.2 Å². The molecular weight excluding hydrogens is 682 g/mol. The van der Waals surface area contributed by atoms with Crippen molar-refractivity contribution >= 4 is 34.6 Å². The number of para-hydroxylation sites is 1. The summed E-state index contributed by atoms with van der Waals surface area (Å²) < 4.78 is 47.8. The first-order chi connectivity index (χ1) is 25.9. The maximum absolute atomic E-state index is 14.4. The van der Waals surface area contributed by atoms with Crippen molar-refractivity contribution in [2.24, 2.45) is 0 Å². The minimum Gasteiger partial charge on any atom is -0.496 e. The predicted molar refractivity (Wildman–Crippen MR) is 197 cm³/mol. The third-order valence-electron chi connectivity index (χ3n) is 9.58. The summed E-state index contributed by atoms with van der Waals surface area (Å²) >= 11 is 0. The fraction of sp³-hybridized carbons (Fsp3) is 0.231. The molecule has 0 radical (unpaired) electrons. The van der Waals surface area contributed by atoms with E-state index in [0.717, 1.165) is 57.2 Å². The van der Waals surface area contributed by atoms with Gasteiger partial charge in [0, 0.05) is 55.9 Å². The summed E-state index contributed by atoms with van der Waals surface area (Å²) in [7, 11) is 3.05. The van der Waals surface area contributed by atoms with Crippen molar-refractivity contribution in [1.29, 1.82) is 0 Å². The molecule has 6 aromatic rings. The van der Waals surface area contributed by atoms with Crippen LogP contribution in [0.25, 0.3) is 28.3 Å². The molecule has 0 unspecified atom stereocenters. The van der Waals surface area contributed by atoms with Gasteiger partial charge in [0.25, 0.3) is 5.91 Å². The van der Waals surface area contributed by atoms with Crippen molar-refractivity contribution in [3.05, 3.63) is 108 Å². The first-order valence-corrected chi connectivity index (χ1v) is 17.2. The Balaban J connectivity index is 1.11. The van der Waals surface area contributed by atoms with Gasteiger partial charge in [0.2, 0.25) is 5.95 Å². The highest BCUT2D eigenvalue weighted by molar-refractivity contribution is 6.07. The molecule has 2 N–H and O–H groups in total. The normalized spacial score (nSPS) is 15.9. The zero-order chi connectivity index (χ0) is 36.5. The molecule has 8 rings (SSSR count). The summed E-state index contributed by atoms with van der Waals surface area (Å²) in [5.41, 5.74) is 4.16. The number of aromatic nitrogens is 4. The van der Waals surface area contributed by atoms with Crippen LogP contribution < -0.4 is 25.0 Å². The topological polar surface area (TPSA) is 118 Å². The van der Waals surface area contributed by atoms with Crippen LogP contribution in [0.4, 0.5) is 31.8 Å². The van der Waals surface area contributed by atoms with Crippen LogP contribution in [0, 0.1) is 11.6 Å². The summed E-state index contributed by atoms with van der Waals surface area (Å²) in [6, 6.07) is 22.1. The number of carbonyl (C=O) groups excluding carboxylic acids is 1. The zero-order valence-corrected chi connectivity index (χ0v) is 29.1. The number of hydrogen-bond acceptors (Lipinski definition) is 10. The van der Waals surface area contributed by atoms with E-state index in [1.54, 1.807) is 37.6 Å². The van der Waals surface area contributed by atoms with Crippen LogP contribution in [0.5, 0.6) is 11.5 Å². The van der Waals surface area contributed by atoms with Gasteiger partial charge in [0.05, 0.1) is 61.8 Å². The highest BCUT2D eigenvalue weighted by Gasteiger charge is 2.30. The van der Waals surface area contributed by atoms with E-state index in [9.17, 15) is 13.6 Å². The van der Waals surface area contributed by atoms with Crippen LogP contribution in [-0.4, -0.2) is 89.8 Å². The SMILES string of the molecule is COc1cc(N2CCN3CCOC[C@@H]3C2)ccc1Nc1nccc(-c2c(-c3ccc(OC)c(C(=O)Nc4c(F)cccc4F)c3)nc3ccccn23)n1. The Labute approximate surface area is 304 Å². The molecule has 2 saturated heterocycles. The summed E-state index contributed by atoms with van der Waals surface area (Å²) in [6.45, 7) is 5.28. The van der Waals surface area contributed by atoms with Gasteiger partial charge in [-0.15, -0.1) is 0 Å². The number of ether oxygens (including phenoxy) is 3. The molecule has 0 bridgehead atoms. The van der Waals surface area contributed by atoms with Crippen LogP contribution in [0.15, 0.2) is 91.3 Å². The molecule has 0 spiro atoms. The van der Waals surface area contributed by atoms with Crippen molar-refractivity contribution in [1.82, 2.24) is 24.3 Å². The highest BCUT2D eigenvalue weighted by atomic mass is 19.1. The van der Waals surface area contributed by atoms with E-state index >= 15 is 0 Å². The molecule has 12 nitrogen and oxygen atoms in total. The largest absolute Gasteiger partial charge is 0.496 e. The van der Waals surface area contributed by atoms with Crippen molar-refractivity contribution in [3.63, 3.8) is 0 Å². The number of benzene rings is 3. The van der Waals surface area contributed by atoms with E-state index in [1.807, 2.05) is 40.9 Å². The predicted octanol–water partition coefficient (Wildman–Crippen LogP) is 6.27. The third kappa shape index (κ3) is 6.69. The van der Waals surface area contributed by atoms with Crippen LogP contribution >= 0.6 is 0 Å². The van der Waals surface area contributed by atoms with Gasteiger partial charge in [-0.05, 0) is 60.7 Å². The Morgan fingerprint density at radius 2 is 1.75 bits per heavy atom. The molecular formula is C39H36F2N8O4. The van der Waals surface area contributed by atoms with Gasteiger partial charge >= 0.3 is 0 Å². The van der Waals surface area contributed by atoms with E-state index in [2.05, 4.69) is 31.5 Å². The van der Waals surface area contributed by atoms with E-state index < -0.39 is 23.2 Å². The Morgan fingerprint density at radius 3 is 2.58 bits per heavy atom. The average Bonchev–Trinajstić information content (AvgIpc) is 3.59. The Morgan fingerprint density at radius 1 is 0.906 bits per heavy atom. The van der Waals surface area contributed by atoms with Crippen LogP contribution in [0.3, 0.4) is 0 Å². The minimum atomic E-state index is -0.897. The number of anilines is 4. The number of pyridine rings is 1. The maximum Gasteiger partial charge on any atom is 0.259 e. The van der Waals surface area contributed by atoms with Gasteiger partial charge in [0.1, 0.15) is 34.5 Å². The maximum atomic E-state index is 14.4. The molecule has 2 aliphatic heterocycles. The van der Waals surface area contributed by atoms with Crippen molar-refractivity contribution in [3.8, 4) is 34.1 Å². The van der Waals surface area contributed by atoms with Gasteiger partial charge in [-0.2, -0.15) is 0 Å². The average molecular weight is 719 g/mol. The smallest absolute Gasteiger partial charge is 0.259 e. The summed E-state index contributed by atoms with van der Waals surface area (Å²) in [4.78, 5) is 32.6. The van der Waals surface area contributed by atoms with Crippen molar-refractivity contribution in [2.45, 2.75) is 6.04 Å². The van der Waals surface area contributed by atoms with Crippen molar-refractivity contribution in [2.75, 3.05) is 69.1 Å². The number of hydrogen-bond donors (Lipinski definition) is 2. The van der Waals surface area contributed by atoms with E-state index in [1.165, 1.54) is 13.2 Å². The number of piperazine rings is 1. The summed E-state index contributed by atoms with van der Waals surface area (Å²) in [5.74, 6) is -1.35. The number of imidazole rings is 1. The lowest BCUT2D eigenvalue weighted by atomic mass is 10.0. The van der Waals surface area contributed by atoms with Gasteiger partial charge in [-0.3, -0.25) is 14.1 Å². The molecule has 2 aliphatic rings.